The fourth-order valence-electron chi connectivity index (χ4n) is 2.41. The molecule has 0 amide bonds. The molecular formula is C13H22. The first-order chi connectivity index (χ1) is 6.36. The van der Waals surface area contributed by atoms with Crippen molar-refractivity contribution < 1.29 is 0 Å². The third-order valence-electron chi connectivity index (χ3n) is 3.21. The molecule has 0 aliphatic heterocycles. The predicted molar refractivity (Wildman–Crippen MR) is 59.7 cm³/mol. The van der Waals surface area contributed by atoms with Crippen LogP contribution in [0, 0.1) is 11.8 Å². The van der Waals surface area contributed by atoms with Crippen LogP contribution in [-0.2, 0) is 0 Å². The van der Waals surface area contributed by atoms with E-state index in [1.165, 1.54) is 44.9 Å². The minimum Gasteiger partial charge on any atom is -0.103 e. The third kappa shape index (κ3) is 3.80. The molecule has 0 nitrogen and oxygen atoms in total. The zero-order chi connectivity index (χ0) is 9.52. The molecule has 2 unspecified atom stereocenters. The summed E-state index contributed by atoms with van der Waals surface area (Å²) < 4.78 is 0. The Bertz CT molecular complexity index is 139. The van der Waals surface area contributed by atoms with Crippen molar-refractivity contribution in [1.82, 2.24) is 0 Å². The van der Waals surface area contributed by atoms with Crippen LogP contribution >= 0.6 is 0 Å². The van der Waals surface area contributed by atoms with Crippen molar-refractivity contribution in [2.75, 3.05) is 0 Å². The monoisotopic (exact) mass is 178 g/mol. The van der Waals surface area contributed by atoms with Crippen LogP contribution in [-0.4, -0.2) is 0 Å². The highest BCUT2D eigenvalue weighted by molar-refractivity contribution is 4.80. The molecule has 0 aromatic heterocycles. The Morgan fingerprint density at radius 2 is 1.38 bits per heavy atom. The molecule has 13 heavy (non-hydrogen) atoms. The van der Waals surface area contributed by atoms with Gasteiger partial charge in [0.15, 0.2) is 0 Å². The summed E-state index contributed by atoms with van der Waals surface area (Å²) in [4.78, 5) is 0. The highest BCUT2D eigenvalue weighted by atomic mass is 14.3. The maximum absolute atomic E-state index is 3.78. The van der Waals surface area contributed by atoms with Gasteiger partial charge in [0.25, 0.3) is 0 Å². The smallest absolute Gasteiger partial charge is 0.0351 e. The van der Waals surface area contributed by atoms with Gasteiger partial charge in [0.2, 0.25) is 0 Å². The first kappa shape index (κ1) is 10.6. The van der Waals surface area contributed by atoms with Crippen LogP contribution < -0.4 is 0 Å². The Labute approximate surface area is 82.7 Å². The molecule has 2 atom stereocenters. The third-order valence-corrected chi connectivity index (χ3v) is 3.21. The fourth-order valence-corrected chi connectivity index (χ4v) is 2.41. The van der Waals surface area contributed by atoms with Gasteiger partial charge in [-0.25, -0.2) is 0 Å². The topological polar surface area (TPSA) is 0 Å². The van der Waals surface area contributed by atoms with Crippen molar-refractivity contribution in [3.05, 3.63) is 25.3 Å². The molecule has 1 rings (SSSR count). The molecule has 0 heterocycles. The SMILES string of the molecule is C=CCCC1CCC(CCC=C)C1. The first-order valence-corrected chi connectivity index (χ1v) is 5.58. The maximum Gasteiger partial charge on any atom is -0.0351 e. The molecule has 0 aromatic carbocycles. The van der Waals surface area contributed by atoms with Crippen LogP contribution in [0.15, 0.2) is 25.3 Å². The number of hydrogen-bond donors (Lipinski definition) is 0. The average molecular weight is 178 g/mol. The summed E-state index contributed by atoms with van der Waals surface area (Å²) in [5.41, 5.74) is 0. The maximum atomic E-state index is 3.78. The van der Waals surface area contributed by atoms with E-state index in [1.54, 1.807) is 0 Å². The summed E-state index contributed by atoms with van der Waals surface area (Å²) >= 11 is 0. The van der Waals surface area contributed by atoms with E-state index in [2.05, 4.69) is 25.3 Å². The van der Waals surface area contributed by atoms with Crippen LogP contribution in [0.3, 0.4) is 0 Å². The molecule has 74 valence electrons. The Kier molecular flexibility index (Phi) is 4.88. The first-order valence-electron chi connectivity index (χ1n) is 5.58. The van der Waals surface area contributed by atoms with Gasteiger partial charge in [-0.15, -0.1) is 13.2 Å². The number of rotatable bonds is 6. The lowest BCUT2D eigenvalue weighted by Gasteiger charge is -2.08. The van der Waals surface area contributed by atoms with Crippen molar-refractivity contribution in [2.24, 2.45) is 11.8 Å². The molecular weight excluding hydrogens is 156 g/mol. The molecule has 1 fully saturated rings. The van der Waals surface area contributed by atoms with E-state index in [9.17, 15) is 0 Å². The fraction of sp³-hybridized carbons (Fsp3) is 0.692. The number of hydrogen-bond acceptors (Lipinski definition) is 0. The Morgan fingerprint density at radius 3 is 1.77 bits per heavy atom. The second kappa shape index (κ2) is 6.01. The predicted octanol–water partition coefficient (Wildman–Crippen LogP) is 4.34. The summed E-state index contributed by atoms with van der Waals surface area (Å²) in [7, 11) is 0. The van der Waals surface area contributed by atoms with Gasteiger partial charge in [0, 0.05) is 0 Å². The van der Waals surface area contributed by atoms with E-state index in [-0.39, 0.29) is 0 Å². The Balaban J connectivity index is 2.12. The quantitative estimate of drug-likeness (QED) is 0.531. The lowest BCUT2D eigenvalue weighted by molar-refractivity contribution is 0.451. The minimum absolute atomic E-state index is 0.993. The van der Waals surface area contributed by atoms with Crippen molar-refractivity contribution in [3.8, 4) is 0 Å². The van der Waals surface area contributed by atoms with Gasteiger partial charge >= 0.3 is 0 Å². The molecule has 0 saturated heterocycles. The summed E-state index contributed by atoms with van der Waals surface area (Å²) in [5, 5.41) is 0. The van der Waals surface area contributed by atoms with Crippen molar-refractivity contribution in [1.29, 1.82) is 0 Å². The molecule has 1 saturated carbocycles. The standard InChI is InChI=1S/C13H22/c1-3-5-7-12-9-10-13(11-12)8-6-4-2/h3-4,12-13H,1-2,5-11H2. The molecule has 0 N–H and O–H groups in total. The summed E-state index contributed by atoms with van der Waals surface area (Å²) in [6.07, 6.45) is 13.6. The molecule has 0 bridgehead atoms. The van der Waals surface area contributed by atoms with Crippen LogP contribution in [0.25, 0.3) is 0 Å². The lowest BCUT2D eigenvalue weighted by atomic mass is 9.97. The van der Waals surface area contributed by atoms with E-state index in [0.717, 1.165) is 11.8 Å². The highest BCUT2D eigenvalue weighted by Gasteiger charge is 2.22. The van der Waals surface area contributed by atoms with Crippen molar-refractivity contribution in [2.45, 2.75) is 44.9 Å². The van der Waals surface area contributed by atoms with Crippen LogP contribution in [0.1, 0.15) is 44.9 Å². The van der Waals surface area contributed by atoms with Gasteiger partial charge in [0.05, 0.1) is 0 Å². The van der Waals surface area contributed by atoms with Gasteiger partial charge < -0.3 is 0 Å². The highest BCUT2D eigenvalue weighted by Crippen LogP contribution is 2.36. The van der Waals surface area contributed by atoms with E-state index in [0.29, 0.717) is 0 Å². The van der Waals surface area contributed by atoms with Gasteiger partial charge in [-0.1, -0.05) is 25.0 Å². The zero-order valence-corrected chi connectivity index (χ0v) is 8.67. The lowest BCUT2D eigenvalue weighted by Crippen LogP contribution is -1.96. The second-order valence-corrected chi connectivity index (χ2v) is 4.28. The van der Waals surface area contributed by atoms with Crippen molar-refractivity contribution in [3.63, 3.8) is 0 Å². The van der Waals surface area contributed by atoms with Gasteiger partial charge in [-0.2, -0.15) is 0 Å². The van der Waals surface area contributed by atoms with Crippen LogP contribution in [0.4, 0.5) is 0 Å². The number of allylic oxidation sites excluding steroid dienone is 2. The Hall–Kier alpha value is -0.520. The Morgan fingerprint density at radius 1 is 0.923 bits per heavy atom. The molecule has 1 aliphatic rings. The normalized spacial score (nSPS) is 27.4. The van der Waals surface area contributed by atoms with Crippen LogP contribution in [0.2, 0.25) is 0 Å². The molecule has 0 radical (unpaired) electrons. The average Bonchev–Trinajstić information content (AvgIpc) is 2.59. The zero-order valence-electron chi connectivity index (χ0n) is 8.67. The summed E-state index contributed by atoms with van der Waals surface area (Å²) in [6.45, 7) is 7.55. The van der Waals surface area contributed by atoms with E-state index >= 15 is 0 Å². The second-order valence-electron chi connectivity index (χ2n) is 4.28. The summed E-state index contributed by atoms with van der Waals surface area (Å²) in [5.74, 6) is 1.99. The van der Waals surface area contributed by atoms with E-state index < -0.39 is 0 Å². The van der Waals surface area contributed by atoms with E-state index in [4.69, 9.17) is 0 Å². The largest absolute Gasteiger partial charge is 0.103 e. The van der Waals surface area contributed by atoms with Gasteiger partial charge in [-0.05, 0) is 43.9 Å². The molecule has 0 aromatic rings. The van der Waals surface area contributed by atoms with E-state index in [1.807, 2.05) is 0 Å². The minimum atomic E-state index is 0.993. The van der Waals surface area contributed by atoms with Gasteiger partial charge in [0.1, 0.15) is 0 Å². The van der Waals surface area contributed by atoms with Gasteiger partial charge in [-0.3, -0.25) is 0 Å². The summed E-state index contributed by atoms with van der Waals surface area (Å²) in [6, 6.07) is 0. The molecule has 0 spiro atoms. The molecule has 1 aliphatic carbocycles. The van der Waals surface area contributed by atoms with Crippen LogP contribution in [0.5, 0.6) is 0 Å². The van der Waals surface area contributed by atoms with Crippen molar-refractivity contribution >= 4 is 0 Å². The molecule has 0 heteroatoms.